The molecule has 1 saturated heterocycles. The third-order valence-electron chi connectivity index (χ3n) is 4.73. The third kappa shape index (κ3) is 5.05. The average Bonchev–Trinajstić information content (AvgIpc) is 3.31. The summed E-state index contributed by atoms with van der Waals surface area (Å²) in [4.78, 5) is 17.1. The van der Waals surface area contributed by atoms with Gasteiger partial charge in [-0.3, -0.25) is 4.79 Å². The molecule has 0 N–H and O–H groups in total. The van der Waals surface area contributed by atoms with Gasteiger partial charge in [0.2, 0.25) is 5.91 Å². The number of hydrogen-bond acceptors (Lipinski definition) is 3. The highest BCUT2D eigenvalue weighted by Gasteiger charge is 2.29. The van der Waals surface area contributed by atoms with Crippen LogP contribution in [-0.4, -0.2) is 61.6 Å². The van der Waals surface area contributed by atoms with Crippen LogP contribution in [0.1, 0.15) is 24.0 Å². The lowest BCUT2D eigenvalue weighted by Crippen LogP contribution is -2.48. The number of nitrogens with zero attached hydrogens (tertiary/aromatic N) is 2. The van der Waals surface area contributed by atoms with Crippen LogP contribution < -0.4 is 0 Å². The Morgan fingerprint density at radius 1 is 1.35 bits per heavy atom. The second-order valence-corrected chi connectivity index (χ2v) is 7.16. The number of carbonyl (C=O) groups is 1. The number of amides is 1. The van der Waals surface area contributed by atoms with E-state index in [1.54, 1.807) is 0 Å². The number of likely N-dealkylation sites (N-methyl/N-ethyl adjacent to an activating group) is 1. The molecular weight excluding hydrogens is 288 g/mol. The Balaban J connectivity index is 1.61. The number of rotatable bonds is 6. The predicted octanol–water partition coefficient (Wildman–Crippen LogP) is 2.11. The van der Waals surface area contributed by atoms with Gasteiger partial charge in [-0.2, -0.15) is 0 Å². The van der Waals surface area contributed by atoms with Crippen molar-refractivity contribution in [3.05, 3.63) is 35.4 Å². The van der Waals surface area contributed by atoms with Crippen molar-refractivity contribution in [2.24, 2.45) is 5.92 Å². The molecule has 1 heterocycles. The molecule has 0 bridgehead atoms. The van der Waals surface area contributed by atoms with E-state index in [1.807, 2.05) is 17.0 Å². The first kappa shape index (κ1) is 16.5. The molecule has 1 amide bonds. The van der Waals surface area contributed by atoms with Crippen LogP contribution in [0.2, 0.25) is 0 Å². The van der Waals surface area contributed by atoms with E-state index in [2.05, 4.69) is 31.0 Å². The lowest BCUT2D eigenvalue weighted by Gasteiger charge is -2.34. The van der Waals surface area contributed by atoms with Crippen LogP contribution in [-0.2, 0) is 16.0 Å². The zero-order valence-electron chi connectivity index (χ0n) is 14.3. The van der Waals surface area contributed by atoms with Gasteiger partial charge in [-0.1, -0.05) is 29.8 Å². The largest absolute Gasteiger partial charge is 0.374 e. The van der Waals surface area contributed by atoms with E-state index in [4.69, 9.17) is 4.74 Å². The number of hydrogen-bond donors (Lipinski definition) is 0. The summed E-state index contributed by atoms with van der Waals surface area (Å²) in [5.41, 5.74) is 2.32. The summed E-state index contributed by atoms with van der Waals surface area (Å²) in [7, 11) is 2.12. The van der Waals surface area contributed by atoms with Gasteiger partial charge in [0.25, 0.3) is 0 Å². The number of benzene rings is 1. The molecule has 1 atom stereocenters. The molecule has 4 heteroatoms. The van der Waals surface area contributed by atoms with Gasteiger partial charge in [0.15, 0.2) is 0 Å². The Bertz CT molecular complexity index is 542. The summed E-state index contributed by atoms with van der Waals surface area (Å²) < 4.78 is 5.86. The lowest BCUT2D eigenvalue weighted by atomic mass is 10.1. The molecule has 1 aromatic rings. The first-order chi connectivity index (χ1) is 11.1. The van der Waals surface area contributed by atoms with E-state index < -0.39 is 0 Å². The third-order valence-corrected chi connectivity index (χ3v) is 4.73. The van der Waals surface area contributed by atoms with E-state index in [0.29, 0.717) is 12.3 Å². The Hall–Kier alpha value is -1.39. The maximum atomic E-state index is 12.8. The molecule has 0 spiro atoms. The molecule has 1 saturated carbocycles. The van der Waals surface area contributed by atoms with Crippen LogP contribution in [0.3, 0.4) is 0 Å². The van der Waals surface area contributed by atoms with Gasteiger partial charge in [-0.25, -0.2) is 0 Å². The average molecular weight is 316 g/mol. The van der Waals surface area contributed by atoms with Crippen LogP contribution in [0, 0.1) is 12.8 Å². The highest BCUT2D eigenvalue weighted by atomic mass is 16.5. The van der Waals surface area contributed by atoms with E-state index in [1.165, 1.54) is 18.4 Å². The molecule has 1 aliphatic carbocycles. The number of ether oxygens (including phenoxy) is 1. The molecule has 3 rings (SSSR count). The molecule has 1 aliphatic heterocycles. The maximum absolute atomic E-state index is 12.8. The van der Waals surface area contributed by atoms with Crippen LogP contribution in [0.4, 0.5) is 0 Å². The Morgan fingerprint density at radius 2 is 2.17 bits per heavy atom. The van der Waals surface area contributed by atoms with Crippen molar-refractivity contribution in [1.82, 2.24) is 9.80 Å². The molecule has 0 unspecified atom stereocenters. The zero-order valence-corrected chi connectivity index (χ0v) is 14.3. The van der Waals surface area contributed by atoms with E-state index >= 15 is 0 Å². The molecule has 126 valence electrons. The summed E-state index contributed by atoms with van der Waals surface area (Å²) in [6, 6.07) is 8.26. The molecule has 1 aromatic carbocycles. The maximum Gasteiger partial charge on any atom is 0.227 e. The topological polar surface area (TPSA) is 32.8 Å². The van der Waals surface area contributed by atoms with E-state index in [0.717, 1.165) is 38.3 Å². The molecule has 0 aromatic heterocycles. The van der Waals surface area contributed by atoms with Crippen molar-refractivity contribution in [3.63, 3.8) is 0 Å². The van der Waals surface area contributed by atoms with Crippen molar-refractivity contribution < 1.29 is 9.53 Å². The standard InChI is InChI=1S/C19H28N2O2/c1-15-4-3-5-17(10-15)11-19(22)21(12-16-6-7-16)14-18-13-20(2)8-9-23-18/h3-5,10,16,18H,6-9,11-14H2,1-2H3/t18-/m0/s1. The van der Waals surface area contributed by atoms with Gasteiger partial charge in [-0.05, 0) is 38.3 Å². The number of aryl methyl sites for hydroxylation is 1. The SMILES string of the molecule is Cc1cccc(CC(=O)N(CC2CC2)C[C@@H]2CN(C)CCO2)c1. The first-order valence-corrected chi connectivity index (χ1v) is 8.73. The van der Waals surface area contributed by atoms with Crippen LogP contribution in [0.15, 0.2) is 24.3 Å². The quantitative estimate of drug-likeness (QED) is 0.806. The molecular formula is C19H28N2O2. The van der Waals surface area contributed by atoms with Gasteiger partial charge in [0.1, 0.15) is 0 Å². The van der Waals surface area contributed by atoms with Gasteiger partial charge in [0, 0.05) is 26.2 Å². The fourth-order valence-electron chi connectivity index (χ4n) is 3.22. The second-order valence-electron chi connectivity index (χ2n) is 7.16. The minimum absolute atomic E-state index is 0.147. The summed E-state index contributed by atoms with van der Waals surface area (Å²) >= 11 is 0. The second kappa shape index (κ2) is 7.45. The van der Waals surface area contributed by atoms with Crippen LogP contribution >= 0.6 is 0 Å². The van der Waals surface area contributed by atoms with E-state index in [-0.39, 0.29) is 12.0 Å². The minimum Gasteiger partial charge on any atom is -0.374 e. The zero-order chi connectivity index (χ0) is 16.2. The highest BCUT2D eigenvalue weighted by molar-refractivity contribution is 5.79. The molecule has 23 heavy (non-hydrogen) atoms. The lowest BCUT2D eigenvalue weighted by molar-refractivity contribution is -0.134. The van der Waals surface area contributed by atoms with Crippen molar-refractivity contribution >= 4 is 5.91 Å². The predicted molar refractivity (Wildman–Crippen MR) is 91.4 cm³/mol. The highest BCUT2D eigenvalue weighted by Crippen LogP contribution is 2.30. The summed E-state index contributed by atoms with van der Waals surface area (Å²) in [6.07, 6.45) is 3.17. The van der Waals surface area contributed by atoms with Gasteiger partial charge in [0.05, 0.1) is 19.1 Å². The fourth-order valence-corrected chi connectivity index (χ4v) is 3.22. The molecule has 2 fully saturated rings. The normalized spacial score (nSPS) is 22.1. The summed E-state index contributed by atoms with van der Waals surface area (Å²) in [5.74, 6) is 0.942. The number of morpholine rings is 1. The Kier molecular flexibility index (Phi) is 5.34. The van der Waals surface area contributed by atoms with Crippen LogP contribution in [0.25, 0.3) is 0 Å². The van der Waals surface area contributed by atoms with Crippen molar-refractivity contribution in [2.75, 3.05) is 39.8 Å². The molecule has 0 radical (unpaired) electrons. The summed E-state index contributed by atoms with van der Waals surface area (Å²) in [6.45, 7) is 6.36. The molecule has 2 aliphatic rings. The van der Waals surface area contributed by atoms with Gasteiger partial charge >= 0.3 is 0 Å². The Morgan fingerprint density at radius 3 is 2.87 bits per heavy atom. The minimum atomic E-state index is 0.147. The summed E-state index contributed by atoms with van der Waals surface area (Å²) in [5, 5.41) is 0. The monoisotopic (exact) mass is 316 g/mol. The molecule has 4 nitrogen and oxygen atoms in total. The first-order valence-electron chi connectivity index (χ1n) is 8.73. The Labute approximate surface area is 139 Å². The number of carbonyl (C=O) groups excluding carboxylic acids is 1. The van der Waals surface area contributed by atoms with E-state index in [9.17, 15) is 4.79 Å². The fraction of sp³-hybridized carbons (Fsp3) is 0.632. The smallest absolute Gasteiger partial charge is 0.227 e. The van der Waals surface area contributed by atoms with Gasteiger partial charge in [-0.15, -0.1) is 0 Å². The van der Waals surface area contributed by atoms with Crippen LogP contribution in [0.5, 0.6) is 0 Å². The van der Waals surface area contributed by atoms with Crippen molar-refractivity contribution in [1.29, 1.82) is 0 Å². The van der Waals surface area contributed by atoms with Gasteiger partial charge < -0.3 is 14.5 Å². The van der Waals surface area contributed by atoms with Crippen molar-refractivity contribution in [2.45, 2.75) is 32.3 Å². The van der Waals surface area contributed by atoms with Crippen molar-refractivity contribution in [3.8, 4) is 0 Å².